The van der Waals surface area contributed by atoms with Crippen molar-refractivity contribution in [3.63, 3.8) is 0 Å². The Morgan fingerprint density at radius 3 is 2.87 bits per heavy atom. The van der Waals surface area contributed by atoms with E-state index in [0.29, 0.717) is 18.1 Å². The van der Waals surface area contributed by atoms with Gasteiger partial charge in [0.05, 0.1) is 17.5 Å². The molecule has 0 aromatic carbocycles. The summed E-state index contributed by atoms with van der Waals surface area (Å²) in [6, 6.07) is 5.74. The maximum Gasteiger partial charge on any atom is 0.236 e. The SMILES string of the molecule is CC(C)(C)N1C(=O)C(Cc2ncc(Cl)cc2COC2CCCCO2)c2cccnc21. The Labute approximate surface area is 182 Å². The van der Waals surface area contributed by atoms with E-state index in [1.165, 1.54) is 0 Å². The van der Waals surface area contributed by atoms with Crippen molar-refractivity contribution in [1.29, 1.82) is 0 Å². The fraction of sp³-hybridized carbons (Fsp3) is 0.522. The summed E-state index contributed by atoms with van der Waals surface area (Å²) in [6.07, 6.45) is 6.72. The van der Waals surface area contributed by atoms with Crippen LogP contribution in [-0.4, -0.2) is 34.3 Å². The van der Waals surface area contributed by atoms with Crippen molar-refractivity contribution in [2.75, 3.05) is 11.5 Å². The molecule has 0 bridgehead atoms. The van der Waals surface area contributed by atoms with E-state index in [9.17, 15) is 4.79 Å². The first-order valence-corrected chi connectivity index (χ1v) is 10.9. The van der Waals surface area contributed by atoms with E-state index < -0.39 is 0 Å². The molecule has 0 N–H and O–H groups in total. The summed E-state index contributed by atoms with van der Waals surface area (Å²) in [5, 5.41) is 0.554. The van der Waals surface area contributed by atoms with Crippen LogP contribution in [-0.2, 0) is 27.3 Å². The van der Waals surface area contributed by atoms with Gasteiger partial charge >= 0.3 is 0 Å². The number of aromatic nitrogens is 2. The lowest BCUT2D eigenvalue weighted by Gasteiger charge is -2.32. The number of rotatable bonds is 5. The summed E-state index contributed by atoms with van der Waals surface area (Å²) in [5.41, 5.74) is 2.30. The highest BCUT2D eigenvalue weighted by Crippen LogP contribution is 2.41. The molecular formula is C23H28ClN3O3. The van der Waals surface area contributed by atoms with Crippen LogP contribution in [0.25, 0.3) is 0 Å². The molecule has 2 aliphatic rings. The van der Waals surface area contributed by atoms with Gasteiger partial charge in [-0.2, -0.15) is 0 Å². The molecule has 0 saturated carbocycles. The van der Waals surface area contributed by atoms with Gasteiger partial charge in [0, 0.05) is 47.8 Å². The second-order valence-electron chi connectivity index (χ2n) is 8.88. The maximum absolute atomic E-state index is 13.4. The number of halogens is 1. The molecule has 1 amide bonds. The second kappa shape index (κ2) is 8.61. The number of fused-ring (bicyclic) bond motifs is 1. The molecule has 4 heterocycles. The topological polar surface area (TPSA) is 64.6 Å². The molecule has 2 aromatic heterocycles. The van der Waals surface area contributed by atoms with Crippen LogP contribution in [0.2, 0.25) is 5.02 Å². The lowest BCUT2D eigenvalue weighted by molar-refractivity contribution is -0.169. The van der Waals surface area contributed by atoms with Gasteiger partial charge in [-0.3, -0.25) is 14.7 Å². The van der Waals surface area contributed by atoms with Gasteiger partial charge in [-0.1, -0.05) is 17.7 Å². The molecule has 6 nitrogen and oxygen atoms in total. The highest BCUT2D eigenvalue weighted by molar-refractivity contribution is 6.30. The lowest BCUT2D eigenvalue weighted by atomic mass is 9.94. The van der Waals surface area contributed by atoms with Crippen LogP contribution in [0.1, 0.15) is 62.8 Å². The fourth-order valence-corrected chi connectivity index (χ4v) is 4.32. The van der Waals surface area contributed by atoms with Crippen molar-refractivity contribution in [2.45, 2.75) is 70.8 Å². The van der Waals surface area contributed by atoms with Gasteiger partial charge in [0.2, 0.25) is 5.91 Å². The Morgan fingerprint density at radius 1 is 1.30 bits per heavy atom. The number of amides is 1. The first kappa shape index (κ1) is 21.2. The predicted octanol–water partition coefficient (Wildman–Crippen LogP) is 4.64. The molecule has 4 rings (SSSR count). The van der Waals surface area contributed by atoms with Gasteiger partial charge in [0.1, 0.15) is 5.82 Å². The van der Waals surface area contributed by atoms with E-state index in [0.717, 1.165) is 48.5 Å². The highest BCUT2D eigenvalue weighted by Gasteiger charge is 2.43. The van der Waals surface area contributed by atoms with E-state index in [-0.39, 0.29) is 23.7 Å². The van der Waals surface area contributed by atoms with Gasteiger partial charge in [0.15, 0.2) is 6.29 Å². The number of anilines is 1. The fourth-order valence-electron chi connectivity index (χ4n) is 4.14. The van der Waals surface area contributed by atoms with Crippen LogP contribution in [0.4, 0.5) is 5.82 Å². The van der Waals surface area contributed by atoms with Gasteiger partial charge in [-0.15, -0.1) is 0 Å². The summed E-state index contributed by atoms with van der Waals surface area (Å²) in [7, 11) is 0. The average molecular weight is 430 g/mol. The summed E-state index contributed by atoms with van der Waals surface area (Å²) in [4.78, 5) is 24.2. The van der Waals surface area contributed by atoms with Crippen molar-refractivity contribution in [3.8, 4) is 0 Å². The number of hydrogen-bond donors (Lipinski definition) is 0. The van der Waals surface area contributed by atoms with Gasteiger partial charge < -0.3 is 9.47 Å². The van der Waals surface area contributed by atoms with Gasteiger partial charge in [-0.25, -0.2) is 4.98 Å². The molecule has 2 unspecified atom stereocenters. The van der Waals surface area contributed by atoms with Crippen LogP contribution >= 0.6 is 11.6 Å². The molecule has 7 heteroatoms. The molecule has 2 aromatic rings. The minimum atomic E-state index is -0.355. The molecule has 1 fully saturated rings. The van der Waals surface area contributed by atoms with Crippen molar-refractivity contribution >= 4 is 23.3 Å². The number of nitrogens with zero attached hydrogens (tertiary/aromatic N) is 3. The molecule has 0 spiro atoms. The Hall–Kier alpha value is -2.02. The van der Waals surface area contributed by atoms with Crippen molar-refractivity contribution in [2.24, 2.45) is 0 Å². The molecule has 2 atom stereocenters. The van der Waals surface area contributed by atoms with Crippen molar-refractivity contribution in [3.05, 3.63) is 52.4 Å². The molecule has 1 saturated heterocycles. The summed E-state index contributed by atoms with van der Waals surface area (Å²) in [6.45, 7) is 7.16. The van der Waals surface area contributed by atoms with Crippen LogP contribution in [0, 0.1) is 0 Å². The van der Waals surface area contributed by atoms with E-state index >= 15 is 0 Å². The zero-order valence-electron chi connectivity index (χ0n) is 17.7. The zero-order valence-corrected chi connectivity index (χ0v) is 18.5. The zero-order chi connectivity index (χ0) is 21.3. The third kappa shape index (κ3) is 4.36. The standard InChI is InChI=1S/C23H28ClN3O3/c1-23(2,3)27-21-17(7-6-9-25-21)18(22(27)28)12-19-15(11-16(24)13-26-19)14-30-20-8-4-5-10-29-20/h6-7,9,11,13,18,20H,4-5,8,10,12,14H2,1-3H3. The molecule has 0 aliphatic carbocycles. The minimum Gasteiger partial charge on any atom is -0.353 e. The smallest absolute Gasteiger partial charge is 0.236 e. The second-order valence-corrected chi connectivity index (χ2v) is 9.32. The molecule has 2 aliphatic heterocycles. The Balaban J connectivity index is 1.59. The first-order chi connectivity index (χ1) is 14.3. The van der Waals surface area contributed by atoms with E-state index in [1.54, 1.807) is 17.3 Å². The van der Waals surface area contributed by atoms with E-state index in [4.69, 9.17) is 21.1 Å². The van der Waals surface area contributed by atoms with E-state index in [2.05, 4.69) is 9.97 Å². The number of carbonyl (C=O) groups is 1. The third-order valence-corrected chi connectivity index (χ3v) is 5.79. The Kier molecular flexibility index (Phi) is 6.09. The summed E-state index contributed by atoms with van der Waals surface area (Å²) >= 11 is 6.21. The van der Waals surface area contributed by atoms with Crippen LogP contribution in [0.3, 0.4) is 0 Å². The van der Waals surface area contributed by atoms with Crippen LogP contribution in [0.15, 0.2) is 30.6 Å². The lowest BCUT2D eigenvalue weighted by Crippen LogP contribution is -2.45. The van der Waals surface area contributed by atoms with Gasteiger partial charge in [-0.05, 0) is 52.2 Å². The normalized spacial score (nSPS) is 21.7. The number of carbonyl (C=O) groups excluding carboxylic acids is 1. The Bertz CT molecular complexity index is 922. The maximum atomic E-state index is 13.4. The minimum absolute atomic E-state index is 0.0513. The summed E-state index contributed by atoms with van der Waals surface area (Å²) < 4.78 is 11.6. The monoisotopic (exact) mass is 429 g/mol. The van der Waals surface area contributed by atoms with Crippen molar-refractivity contribution in [1.82, 2.24) is 9.97 Å². The average Bonchev–Trinajstić information content (AvgIpc) is 3.00. The molecular weight excluding hydrogens is 402 g/mol. The molecule has 0 radical (unpaired) electrons. The molecule has 160 valence electrons. The highest BCUT2D eigenvalue weighted by atomic mass is 35.5. The number of hydrogen-bond acceptors (Lipinski definition) is 5. The van der Waals surface area contributed by atoms with Crippen LogP contribution in [0.5, 0.6) is 0 Å². The summed E-state index contributed by atoms with van der Waals surface area (Å²) in [5.74, 6) is 0.462. The van der Waals surface area contributed by atoms with Crippen LogP contribution < -0.4 is 4.90 Å². The molecule has 30 heavy (non-hydrogen) atoms. The quantitative estimate of drug-likeness (QED) is 0.692. The number of ether oxygens (including phenoxy) is 2. The van der Waals surface area contributed by atoms with E-state index in [1.807, 2.05) is 39.0 Å². The predicted molar refractivity (Wildman–Crippen MR) is 116 cm³/mol. The van der Waals surface area contributed by atoms with Crippen molar-refractivity contribution < 1.29 is 14.3 Å². The van der Waals surface area contributed by atoms with Gasteiger partial charge in [0.25, 0.3) is 0 Å². The Morgan fingerprint density at radius 2 is 2.13 bits per heavy atom. The third-order valence-electron chi connectivity index (χ3n) is 5.58. The largest absolute Gasteiger partial charge is 0.353 e. The number of pyridine rings is 2. The first-order valence-electron chi connectivity index (χ1n) is 10.5.